The third-order valence-electron chi connectivity index (χ3n) is 5.68. The van der Waals surface area contributed by atoms with Crippen molar-refractivity contribution in [2.75, 3.05) is 30.4 Å². The first-order valence-corrected chi connectivity index (χ1v) is 10.7. The second kappa shape index (κ2) is 9.71. The summed E-state index contributed by atoms with van der Waals surface area (Å²) in [7, 11) is 1.57. The lowest BCUT2D eigenvalue weighted by Crippen LogP contribution is -2.42. The summed E-state index contributed by atoms with van der Waals surface area (Å²) in [6, 6.07) is 19.8. The predicted octanol–water partition coefficient (Wildman–Crippen LogP) is 4.61. The van der Waals surface area contributed by atoms with Crippen LogP contribution in [-0.4, -0.2) is 32.1 Å². The molecular formula is C25H29N3O3. The van der Waals surface area contributed by atoms with E-state index in [9.17, 15) is 4.79 Å². The van der Waals surface area contributed by atoms with Crippen LogP contribution in [0.4, 0.5) is 11.4 Å². The monoisotopic (exact) mass is 419 g/mol. The number of nitrogens with one attached hydrogen (secondary N) is 2. The Hall–Kier alpha value is -3.25. The molecule has 0 radical (unpaired) electrons. The molecule has 0 saturated carbocycles. The number of methoxy groups -OCH3 is 1. The molecule has 1 saturated heterocycles. The number of hydrogen-bond donors (Lipinski definition) is 2. The van der Waals surface area contributed by atoms with Gasteiger partial charge in [0, 0.05) is 30.5 Å². The molecule has 1 fully saturated rings. The molecule has 0 spiro atoms. The van der Waals surface area contributed by atoms with Crippen molar-refractivity contribution in [1.29, 1.82) is 0 Å². The number of carbonyl (C=O) groups is 1. The van der Waals surface area contributed by atoms with E-state index in [1.165, 1.54) is 0 Å². The number of carbonyl (C=O) groups excluding carboxylic acids is 1. The molecule has 1 aliphatic rings. The summed E-state index contributed by atoms with van der Waals surface area (Å²) in [4.78, 5) is 15.1. The highest BCUT2D eigenvalue weighted by Crippen LogP contribution is 2.25. The molecule has 6 heteroatoms. The third kappa shape index (κ3) is 5.27. The Kier molecular flexibility index (Phi) is 6.57. The van der Waals surface area contributed by atoms with E-state index in [0.29, 0.717) is 17.4 Å². The van der Waals surface area contributed by atoms with Crippen LogP contribution in [0.15, 0.2) is 65.1 Å². The molecule has 1 aliphatic heterocycles. The van der Waals surface area contributed by atoms with Crippen LogP contribution in [-0.2, 0) is 6.54 Å². The zero-order valence-corrected chi connectivity index (χ0v) is 18.1. The van der Waals surface area contributed by atoms with Crippen LogP contribution >= 0.6 is 0 Å². The van der Waals surface area contributed by atoms with Gasteiger partial charge in [-0.3, -0.25) is 4.79 Å². The standard InChI is InChI=1S/C25H29N3O3/c1-18-10-11-22(31-18)17-26-19-12-14-28(15-13-19)21-7-5-6-20(16-21)27-25(29)23-8-3-4-9-24(23)30-2/h3-11,16,19,26H,12-15,17H2,1-2H3,(H,27,29). The number of benzene rings is 2. The lowest BCUT2D eigenvalue weighted by atomic mass is 10.0. The van der Waals surface area contributed by atoms with E-state index in [1.54, 1.807) is 19.2 Å². The maximum absolute atomic E-state index is 12.7. The summed E-state index contributed by atoms with van der Waals surface area (Å²) in [6.07, 6.45) is 2.13. The largest absolute Gasteiger partial charge is 0.496 e. The summed E-state index contributed by atoms with van der Waals surface area (Å²) >= 11 is 0. The molecule has 1 amide bonds. The van der Waals surface area contributed by atoms with Crippen molar-refractivity contribution in [1.82, 2.24) is 5.32 Å². The fourth-order valence-corrected chi connectivity index (χ4v) is 3.98. The highest BCUT2D eigenvalue weighted by molar-refractivity contribution is 6.06. The lowest BCUT2D eigenvalue weighted by molar-refractivity contribution is 0.102. The zero-order chi connectivity index (χ0) is 21.6. The van der Waals surface area contributed by atoms with Gasteiger partial charge in [-0.1, -0.05) is 18.2 Å². The van der Waals surface area contributed by atoms with Crippen molar-refractivity contribution in [2.45, 2.75) is 32.4 Å². The van der Waals surface area contributed by atoms with E-state index in [4.69, 9.17) is 9.15 Å². The van der Waals surface area contributed by atoms with Crippen molar-refractivity contribution in [3.05, 3.63) is 77.7 Å². The van der Waals surface area contributed by atoms with E-state index in [-0.39, 0.29) is 5.91 Å². The summed E-state index contributed by atoms with van der Waals surface area (Å²) < 4.78 is 10.9. The van der Waals surface area contributed by atoms with Gasteiger partial charge >= 0.3 is 0 Å². The number of ether oxygens (including phenoxy) is 1. The van der Waals surface area contributed by atoms with E-state index < -0.39 is 0 Å². The Morgan fingerprint density at radius 3 is 2.65 bits per heavy atom. The van der Waals surface area contributed by atoms with Crippen molar-refractivity contribution >= 4 is 17.3 Å². The molecule has 0 bridgehead atoms. The number of hydrogen-bond acceptors (Lipinski definition) is 5. The number of rotatable bonds is 7. The zero-order valence-electron chi connectivity index (χ0n) is 18.1. The Labute approximate surface area is 183 Å². The first kappa shape index (κ1) is 21.0. The van der Waals surface area contributed by atoms with Crippen molar-refractivity contribution < 1.29 is 13.9 Å². The number of anilines is 2. The summed E-state index contributed by atoms with van der Waals surface area (Å²) in [5.41, 5.74) is 2.42. The second-order valence-electron chi connectivity index (χ2n) is 7.86. The molecule has 4 rings (SSSR count). The van der Waals surface area contributed by atoms with Crippen LogP contribution in [0.25, 0.3) is 0 Å². The minimum absolute atomic E-state index is 0.175. The van der Waals surface area contributed by atoms with Gasteiger partial charge in [-0.2, -0.15) is 0 Å². The van der Waals surface area contributed by atoms with Crippen molar-refractivity contribution in [3.8, 4) is 5.75 Å². The van der Waals surface area contributed by atoms with Gasteiger partial charge in [0.25, 0.3) is 5.91 Å². The topological polar surface area (TPSA) is 66.7 Å². The molecule has 0 atom stereocenters. The van der Waals surface area contributed by atoms with E-state index in [1.807, 2.05) is 49.4 Å². The number of furan rings is 1. The molecule has 3 aromatic rings. The number of para-hydroxylation sites is 1. The normalized spacial score (nSPS) is 14.5. The average molecular weight is 420 g/mol. The SMILES string of the molecule is COc1ccccc1C(=O)Nc1cccc(N2CCC(NCc3ccc(C)o3)CC2)c1. The van der Waals surface area contributed by atoms with E-state index in [2.05, 4.69) is 21.6 Å². The fraction of sp³-hybridized carbons (Fsp3) is 0.320. The van der Waals surface area contributed by atoms with Crippen molar-refractivity contribution in [2.24, 2.45) is 0 Å². The maximum Gasteiger partial charge on any atom is 0.259 e. The molecular weight excluding hydrogens is 390 g/mol. The van der Waals surface area contributed by atoms with E-state index >= 15 is 0 Å². The molecule has 6 nitrogen and oxygen atoms in total. The Bertz CT molecular complexity index is 1020. The van der Waals surface area contributed by atoms with Crippen LogP contribution in [0.1, 0.15) is 34.7 Å². The molecule has 2 heterocycles. The summed E-state index contributed by atoms with van der Waals surface area (Å²) in [5.74, 6) is 2.32. The van der Waals surface area contributed by atoms with Gasteiger partial charge in [0.1, 0.15) is 17.3 Å². The Balaban J connectivity index is 1.33. The van der Waals surface area contributed by atoms with Crippen LogP contribution in [0, 0.1) is 6.92 Å². The maximum atomic E-state index is 12.7. The quantitative estimate of drug-likeness (QED) is 0.586. The number of piperidine rings is 1. The molecule has 0 unspecified atom stereocenters. The summed E-state index contributed by atoms with van der Waals surface area (Å²) in [5, 5.41) is 6.59. The average Bonchev–Trinajstić information content (AvgIpc) is 3.23. The Morgan fingerprint density at radius 2 is 1.90 bits per heavy atom. The van der Waals surface area contributed by atoms with Gasteiger partial charge in [0.05, 0.1) is 19.2 Å². The van der Waals surface area contributed by atoms with Crippen LogP contribution in [0.3, 0.4) is 0 Å². The first-order valence-electron chi connectivity index (χ1n) is 10.7. The highest BCUT2D eigenvalue weighted by atomic mass is 16.5. The van der Waals surface area contributed by atoms with Gasteiger partial charge in [-0.05, 0) is 62.2 Å². The van der Waals surface area contributed by atoms with Gasteiger partial charge in [-0.15, -0.1) is 0 Å². The van der Waals surface area contributed by atoms with E-state index in [0.717, 1.165) is 55.4 Å². The Morgan fingerprint density at radius 1 is 1.10 bits per heavy atom. The predicted molar refractivity (Wildman–Crippen MR) is 123 cm³/mol. The van der Waals surface area contributed by atoms with Crippen molar-refractivity contribution in [3.63, 3.8) is 0 Å². The smallest absolute Gasteiger partial charge is 0.259 e. The number of aryl methyl sites for hydroxylation is 1. The van der Waals surface area contributed by atoms with Crippen LogP contribution in [0.5, 0.6) is 5.75 Å². The van der Waals surface area contributed by atoms with Gasteiger partial charge < -0.3 is 24.7 Å². The number of nitrogens with zero attached hydrogens (tertiary/aromatic N) is 1. The second-order valence-corrected chi connectivity index (χ2v) is 7.86. The molecule has 2 N–H and O–H groups in total. The first-order chi connectivity index (χ1) is 15.1. The highest BCUT2D eigenvalue weighted by Gasteiger charge is 2.20. The van der Waals surface area contributed by atoms with Gasteiger partial charge in [0.2, 0.25) is 0 Å². The van der Waals surface area contributed by atoms with Gasteiger partial charge in [-0.25, -0.2) is 0 Å². The molecule has 2 aromatic carbocycles. The van der Waals surface area contributed by atoms with Gasteiger partial charge in [0.15, 0.2) is 0 Å². The fourth-order valence-electron chi connectivity index (χ4n) is 3.98. The molecule has 0 aliphatic carbocycles. The van der Waals surface area contributed by atoms with Crippen LogP contribution in [0.2, 0.25) is 0 Å². The molecule has 31 heavy (non-hydrogen) atoms. The minimum atomic E-state index is -0.175. The molecule has 1 aromatic heterocycles. The molecule has 162 valence electrons. The third-order valence-corrected chi connectivity index (χ3v) is 5.68. The minimum Gasteiger partial charge on any atom is -0.496 e. The number of amides is 1. The van der Waals surface area contributed by atoms with Crippen LogP contribution < -0.4 is 20.3 Å². The lowest BCUT2D eigenvalue weighted by Gasteiger charge is -2.34. The summed E-state index contributed by atoms with van der Waals surface area (Å²) in [6.45, 7) is 4.68.